The average Bonchev–Trinajstić information content (AvgIpc) is 2.65. The first-order chi connectivity index (χ1) is 7.29. The van der Waals surface area contributed by atoms with Gasteiger partial charge in [0, 0.05) is 0 Å². The van der Waals surface area contributed by atoms with Gasteiger partial charge < -0.3 is 10.1 Å². The topological polar surface area (TPSA) is 21.3 Å². The van der Waals surface area contributed by atoms with E-state index in [-0.39, 0.29) is 0 Å². The van der Waals surface area contributed by atoms with Crippen LogP contribution in [0.4, 0.5) is 0 Å². The molecular formula is C13H19NO. The second kappa shape index (κ2) is 4.67. The average molecular weight is 205 g/mol. The third-order valence-corrected chi connectivity index (χ3v) is 3.31. The summed E-state index contributed by atoms with van der Waals surface area (Å²) in [7, 11) is 1.72. The van der Waals surface area contributed by atoms with Crippen LogP contribution in [0.25, 0.3) is 0 Å². The summed E-state index contributed by atoms with van der Waals surface area (Å²) in [4.78, 5) is 0. The molecule has 1 heterocycles. The molecule has 0 radical (unpaired) electrons. The van der Waals surface area contributed by atoms with E-state index in [4.69, 9.17) is 4.74 Å². The summed E-state index contributed by atoms with van der Waals surface area (Å²) in [5, 5.41) is 3.44. The molecule has 0 bridgehead atoms. The summed E-state index contributed by atoms with van der Waals surface area (Å²) in [6, 6.07) is 8.40. The molecule has 0 aromatic heterocycles. The van der Waals surface area contributed by atoms with Crippen LogP contribution in [0.3, 0.4) is 0 Å². The summed E-state index contributed by atoms with van der Waals surface area (Å²) in [6.07, 6.45) is 1.16. The second-order valence-electron chi connectivity index (χ2n) is 4.45. The molecule has 2 nitrogen and oxygen atoms in total. The molecule has 2 atom stereocenters. The Morgan fingerprint density at radius 1 is 1.40 bits per heavy atom. The van der Waals surface area contributed by atoms with Crippen molar-refractivity contribution in [1.29, 1.82) is 0 Å². The number of hydrogen-bond acceptors (Lipinski definition) is 2. The van der Waals surface area contributed by atoms with Crippen molar-refractivity contribution in [2.45, 2.75) is 13.3 Å². The number of hydrogen-bond donors (Lipinski definition) is 1. The Balaban J connectivity index is 2.03. The van der Waals surface area contributed by atoms with E-state index in [9.17, 15) is 0 Å². The van der Waals surface area contributed by atoms with Crippen molar-refractivity contribution in [3.8, 4) is 5.75 Å². The highest BCUT2D eigenvalue weighted by molar-refractivity contribution is 5.28. The number of rotatable bonds is 3. The Hall–Kier alpha value is -1.02. The molecule has 0 unspecified atom stereocenters. The smallest absolute Gasteiger partial charge is 0.119 e. The maximum absolute atomic E-state index is 5.23. The first-order valence-electron chi connectivity index (χ1n) is 5.63. The monoisotopic (exact) mass is 205 g/mol. The van der Waals surface area contributed by atoms with Gasteiger partial charge in [-0.3, -0.25) is 0 Å². The summed E-state index contributed by atoms with van der Waals surface area (Å²) in [6.45, 7) is 4.64. The van der Waals surface area contributed by atoms with E-state index in [1.807, 2.05) is 6.07 Å². The molecule has 1 aromatic rings. The lowest BCUT2D eigenvalue weighted by molar-refractivity contribution is 0.412. The fourth-order valence-corrected chi connectivity index (χ4v) is 2.24. The van der Waals surface area contributed by atoms with E-state index in [0.29, 0.717) is 0 Å². The standard InChI is InChI=1S/C13H19NO/c1-10-8-14-9-12(10)6-11-4-3-5-13(7-11)15-2/h3-5,7,10,12,14H,6,8-9H2,1-2H3/t10-,12-/m1/s1. The predicted molar refractivity (Wildman–Crippen MR) is 62.2 cm³/mol. The summed E-state index contributed by atoms with van der Waals surface area (Å²) in [5.41, 5.74) is 1.38. The predicted octanol–water partition coefficient (Wildman–Crippen LogP) is 2.09. The zero-order valence-electron chi connectivity index (χ0n) is 9.49. The molecule has 0 amide bonds. The minimum absolute atomic E-state index is 0.775. The highest BCUT2D eigenvalue weighted by Crippen LogP contribution is 2.22. The molecule has 0 spiro atoms. The Kier molecular flexibility index (Phi) is 3.27. The van der Waals surface area contributed by atoms with E-state index >= 15 is 0 Å². The second-order valence-corrected chi connectivity index (χ2v) is 4.45. The molecule has 1 N–H and O–H groups in total. The molecule has 2 rings (SSSR count). The van der Waals surface area contributed by atoms with E-state index in [2.05, 4.69) is 30.4 Å². The van der Waals surface area contributed by atoms with Crippen LogP contribution in [0.1, 0.15) is 12.5 Å². The molecule has 0 aliphatic carbocycles. The summed E-state index contributed by atoms with van der Waals surface area (Å²) < 4.78 is 5.23. The quantitative estimate of drug-likeness (QED) is 0.816. The summed E-state index contributed by atoms with van der Waals surface area (Å²) in [5.74, 6) is 2.53. The van der Waals surface area contributed by atoms with Gasteiger partial charge in [0.15, 0.2) is 0 Å². The van der Waals surface area contributed by atoms with E-state index in [1.54, 1.807) is 7.11 Å². The van der Waals surface area contributed by atoms with Crippen LogP contribution < -0.4 is 10.1 Å². The Morgan fingerprint density at radius 3 is 2.93 bits per heavy atom. The van der Waals surface area contributed by atoms with Gasteiger partial charge in [-0.05, 0) is 49.0 Å². The van der Waals surface area contributed by atoms with Crippen molar-refractivity contribution >= 4 is 0 Å². The van der Waals surface area contributed by atoms with Gasteiger partial charge in [-0.1, -0.05) is 19.1 Å². The number of nitrogens with one attached hydrogen (secondary N) is 1. The molecule has 1 aliphatic heterocycles. The van der Waals surface area contributed by atoms with Crippen LogP contribution in [-0.2, 0) is 6.42 Å². The maximum atomic E-state index is 5.23. The maximum Gasteiger partial charge on any atom is 0.119 e. The lowest BCUT2D eigenvalue weighted by Gasteiger charge is -2.14. The fraction of sp³-hybridized carbons (Fsp3) is 0.538. The first-order valence-corrected chi connectivity index (χ1v) is 5.63. The Morgan fingerprint density at radius 2 is 2.27 bits per heavy atom. The highest BCUT2D eigenvalue weighted by Gasteiger charge is 2.22. The normalized spacial score (nSPS) is 25.5. The molecular weight excluding hydrogens is 186 g/mol. The van der Waals surface area contributed by atoms with Gasteiger partial charge in [0.1, 0.15) is 5.75 Å². The van der Waals surface area contributed by atoms with Gasteiger partial charge in [0.2, 0.25) is 0 Å². The van der Waals surface area contributed by atoms with Crippen molar-refractivity contribution in [2.24, 2.45) is 11.8 Å². The largest absolute Gasteiger partial charge is 0.497 e. The van der Waals surface area contributed by atoms with Gasteiger partial charge in [-0.15, -0.1) is 0 Å². The minimum atomic E-state index is 0.775. The SMILES string of the molecule is COc1cccc(C[C@@H]2CNC[C@H]2C)c1. The van der Waals surface area contributed by atoms with Gasteiger partial charge in [0.05, 0.1) is 7.11 Å². The van der Waals surface area contributed by atoms with Crippen LogP contribution in [0.2, 0.25) is 0 Å². The molecule has 1 fully saturated rings. The minimum Gasteiger partial charge on any atom is -0.497 e. The number of methoxy groups -OCH3 is 1. The summed E-state index contributed by atoms with van der Waals surface area (Å²) >= 11 is 0. The Bertz CT molecular complexity index is 324. The molecule has 1 aliphatic rings. The Labute approximate surface area is 91.6 Å². The molecule has 0 saturated carbocycles. The molecule has 2 heteroatoms. The van der Waals surface area contributed by atoms with Crippen LogP contribution in [0, 0.1) is 11.8 Å². The highest BCUT2D eigenvalue weighted by atomic mass is 16.5. The van der Waals surface area contributed by atoms with Crippen LogP contribution in [-0.4, -0.2) is 20.2 Å². The number of benzene rings is 1. The van der Waals surface area contributed by atoms with Crippen molar-refractivity contribution in [3.05, 3.63) is 29.8 Å². The van der Waals surface area contributed by atoms with E-state index < -0.39 is 0 Å². The van der Waals surface area contributed by atoms with Crippen molar-refractivity contribution in [3.63, 3.8) is 0 Å². The fourth-order valence-electron chi connectivity index (χ4n) is 2.24. The van der Waals surface area contributed by atoms with Crippen LogP contribution in [0.15, 0.2) is 24.3 Å². The van der Waals surface area contributed by atoms with E-state index in [1.165, 1.54) is 5.56 Å². The zero-order chi connectivity index (χ0) is 10.7. The molecule has 15 heavy (non-hydrogen) atoms. The van der Waals surface area contributed by atoms with Gasteiger partial charge >= 0.3 is 0 Å². The zero-order valence-corrected chi connectivity index (χ0v) is 9.49. The van der Waals surface area contributed by atoms with Crippen LogP contribution in [0.5, 0.6) is 5.75 Å². The molecule has 1 aromatic carbocycles. The van der Waals surface area contributed by atoms with Crippen molar-refractivity contribution in [2.75, 3.05) is 20.2 Å². The lowest BCUT2D eigenvalue weighted by Crippen LogP contribution is -2.12. The first kappa shape index (κ1) is 10.5. The third-order valence-electron chi connectivity index (χ3n) is 3.31. The van der Waals surface area contributed by atoms with Gasteiger partial charge in [-0.2, -0.15) is 0 Å². The van der Waals surface area contributed by atoms with Crippen molar-refractivity contribution < 1.29 is 4.74 Å². The number of ether oxygens (including phenoxy) is 1. The van der Waals surface area contributed by atoms with Gasteiger partial charge in [0.25, 0.3) is 0 Å². The molecule has 82 valence electrons. The molecule has 1 saturated heterocycles. The van der Waals surface area contributed by atoms with Crippen molar-refractivity contribution in [1.82, 2.24) is 5.32 Å². The van der Waals surface area contributed by atoms with Crippen LogP contribution >= 0.6 is 0 Å². The van der Waals surface area contributed by atoms with Gasteiger partial charge in [-0.25, -0.2) is 0 Å². The van der Waals surface area contributed by atoms with E-state index in [0.717, 1.165) is 37.1 Å². The lowest BCUT2D eigenvalue weighted by atomic mass is 9.91. The third kappa shape index (κ3) is 2.51.